The van der Waals surface area contributed by atoms with Crippen LogP contribution in [0.1, 0.15) is 52.4 Å². The van der Waals surface area contributed by atoms with Gasteiger partial charge in [-0.2, -0.15) is 0 Å². The number of ether oxygens (including phenoxy) is 2. The lowest BCUT2D eigenvalue weighted by Gasteiger charge is -2.34. The first kappa shape index (κ1) is 26.4. The second-order valence-corrected chi connectivity index (χ2v) is 7.91. The van der Waals surface area contributed by atoms with E-state index in [1.807, 2.05) is 4.90 Å². The van der Waals surface area contributed by atoms with Crippen molar-refractivity contribution in [2.24, 2.45) is 16.8 Å². The zero-order chi connectivity index (χ0) is 20.2. The fraction of sp³-hybridized carbons (Fsp3) is 0.905. The van der Waals surface area contributed by atoms with Crippen LogP contribution in [-0.2, 0) is 14.3 Å². The van der Waals surface area contributed by atoms with Crippen molar-refractivity contribution in [1.82, 2.24) is 15.5 Å². The number of aliphatic imine (C=N–C) groups is 1. The zero-order valence-corrected chi connectivity index (χ0v) is 20.8. The summed E-state index contributed by atoms with van der Waals surface area (Å²) >= 11 is 0. The average molecular weight is 524 g/mol. The van der Waals surface area contributed by atoms with E-state index in [2.05, 4.69) is 29.5 Å². The highest BCUT2D eigenvalue weighted by Gasteiger charge is 2.26. The lowest BCUT2D eigenvalue weighted by Crippen LogP contribution is -2.50. The van der Waals surface area contributed by atoms with Gasteiger partial charge in [-0.3, -0.25) is 9.79 Å². The summed E-state index contributed by atoms with van der Waals surface area (Å²) in [5, 5.41) is 6.87. The summed E-state index contributed by atoms with van der Waals surface area (Å²) in [5.74, 6) is 1.93. The molecule has 1 amide bonds. The van der Waals surface area contributed by atoms with E-state index >= 15 is 0 Å². The van der Waals surface area contributed by atoms with Crippen molar-refractivity contribution >= 4 is 35.8 Å². The Morgan fingerprint density at radius 2 is 1.97 bits per heavy atom. The number of halogens is 1. The summed E-state index contributed by atoms with van der Waals surface area (Å²) in [6.07, 6.45) is 5.89. The van der Waals surface area contributed by atoms with Gasteiger partial charge in [-0.05, 0) is 38.5 Å². The van der Waals surface area contributed by atoms with Gasteiger partial charge in [-0.1, -0.05) is 13.8 Å². The molecule has 2 heterocycles. The van der Waals surface area contributed by atoms with Crippen molar-refractivity contribution < 1.29 is 14.3 Å². The molecule has 0 saturated carbocycles. The van der Waals surface area contributed by atoms with Gasteiger partial charge in [-0.15, -0.1) is 24.0 Å². The smallest absolute Gasteiger partial charge is 0.225 e. The minimum Gasteiger partial charge on any atom is -0.381 e. The van der Waals surface area contributed by atoms with Crippen molar-refractivity contribution in [3.8, 4) is 0 Å². The monoisotopic (exact) mass is 524 g/mol. The van der Waals surface area contributed by atoms with Gasteiger partial charge in [0.15, 0.2) is 5.96 Å². The van der Waals surface area contributed by atoms with E-state index in [0.717, 1.165) is 90.5 Å². The summed E-state index contributed by atoms with van der Waals surface area (Å²) in [6.45, 7) is 10.0. The number of likely N-dealkylation sites (tertiary alicyclic amines) is 1. The third-order valence-electron chi connectivity index (χ3n) is 5.84. The largest absolute Gasteiger partial charge is 0.381 e. The molecule has 0 bridgehead atoms. The van der Waals surface area contributed by atoms with Crippen molar-refractivity contribution in [2.75, 3.05) is 53.1 Å². The van der Waals surface area contributed by atoms with Crippen LogP contribution in [0.2, 0.25) is 0 Å². The number of nitrogens with zero attached hydrogens (tertiary/aromatic N) is 2. The minimum absolute atomic E-state index is 0. The Bertz CT molecular complexity index is 475. The second-order valence-electron chi connectivity index (χ2n) is 7.91. The molecule has 2 aliphatic heterocycles. The van der Waals surface area contributed by atoms with E-state index in [4.69, 9.17) is 9.47 Å². The van der Waals surface area contributed by atoms with Gasteiger partial charge in [0.05, 0.1) is 13.2 Å². The Morgan fingerprint density at radius 1 is 1.24 bits per heavy atom. The fourth-order valence-corrected chi connectivity index (χ4v) is 3.87. The Hall–Kier alpha value is -0.610. The third-order valence-corrected chi connectivity index (χ3v) is 5.84. The number of rotatable bonds is 10. The fourth-order valence-electron chi connectivity index (χ4n) is 3.87. The number of hydrogen-bond donors (Lipinski definition) is 2. The van der Waals surface area contributed by atoms with E-state index < -0.39 is 0 Å². The number of carbonyl (C=O) groups excluding carboxylic acids is 1. The van der Waals surface area contributed by atoms with Crippen molar-refractivity contribution in [3.63, 3.8) is 0 Å². The highest BCUT2D eigenvalue weighted by molar-refractivity contribution is 14.0. The molecule has 8 heteroatoms. The maximum absolute atomic E-state index is 12.5. The quantitative estimate of drug-likeness (QED) is 0.199. The van der Waals surface area contributed by atoms with Gasteiger partial charge in [0.1, 0.15) is 0 Å². The lowest BCUT2D eigenvalue weighted by atomic mass is 9.98. The number of nitrogens with one attached hydrogen (secondary N) is 2. The Balaban J connectivity index is 0.00000420. The van der Waals surface area contributed by atoms with Crippen LogP contribution >= 0.6 is 24.0 Å². The highest BCUT2D eigenvalue weighted by atomic mass is 127. The predicted molar refractivity (Wildman–Crippen MR) is 128 cm³/mol. The Labute approximate surface area is 193 Å². The van der Waals surface area contributed by atoms with E-state index in [0.29, 0.717) is 17.9 Å². The van der Waals surface area contributed by atoms with Gasteiger partial charge in [0.2, 0.25) is 5.91 Å². The SMILES string of the molecule is CCC(CC)C(=O)N1CCC(NC(=NC)NCCCOCC2CCOC2)CC1.I. The van der Waals surface area contributed by atoms with Crippen LogP contribution in [-0.4, -0.2) is 75.9 Å². The van der Waals surface area contributed by atoms with Crippen LogP contribution in [0, 0.1) is 11.8 Å². The third kappa shape index (κ3) is 9.38. The molecule has 0 aromatic carbocycles. The first-order valence-corrected chi connectivity index (χ1v) is 11.1. The van der Waals surface area contributed by atoms with E-state index in [-0.39, 0.29) is 29.9 Å². The average Bonchev–Trinajstić information content (AvgIpc) is 3.24. The molecule has 2 rings (SSSR count). The van der Waals surface area contributed by atoms with Crippen LogP contribution in [0.3, 0.4) is 0 Å². The zero-order valence-electron chi connectivity index (χ0n) is 18.5. The number of hydrogen-bond acceptors (Lipinski definition) is 4. The van der Waals surface area contributed by atoms with Crippen LogP contribution in [0.4, 0.5) is 0 Å². The Morgan fingerprint density at radius 3 is 2.55 bits per heavy atom. The van der Waals surface area contributed by atoms with Crippen molar-refractivity contribution in [3.05, 3.63) is 0 Å². The molecule has 0 aromatic heterocycles. The van der Waals surface area contributed by atoms with Gasteiger partial charge < -0.3 is 25.0 Å². The highest BCUT2D eigenvalue weighted by Crippen LogP contribution is 2.17. The second kappa shape index (κ2) is 15.2. The van der Waals surface area contributed by atoms with Crippen LogP contribution in [0.25, 0.3) is 0 Å². The van der Waals surface area contributed by atoms with E-state index in [1.165, 1.54) is 0 Å². The summed E-state index contributed by atoms with van der Waals surface area (Å²) in [6, 6.07) is 0.371. The van der Waals surface area contributed by atoms with Gasteiger partial charge in [0, 0.05) is 57.8 Å². The molecule has 2 N–H and O–H groups in total. The maximum atomic E-state index is 12.5. The van der Waals surface area contributed by atoms with Crippen LogP contribution in [0.15, 0.2) is 4.99 Å². The van der Waals surface area contributed by atoms with Gasteiger partial charge in [-0.25, -0.2) is 0 Å². The topological polar surface area (TPSA) is 75.2 Å². The predicted octanol–water partition coefficient (Wildman–Crippen LogP) is 2.64. The normalized spacial score (nSPS) is 20.6. The molecule has 0 radical (unpaired) electrons. The molecule has 170 valence electrons. The summed E-state index contributed by atoms with van der Waals surface area (Å²) in [5.41, 5.74) is 0. The molecular weight excluding hydrogens is 483 g/mol. The molecular formula is C21H41IN4O3. The standard InChI is InChI=1S/C21H40N4O3.HI/c1-4-18(5-2)20(26)25-11-7-19(8-12-25)24-21(22-3)23-10-6-13-27-15-17-9-14-28-16-17;/h17-19H,4-16H2,1-3H3,(H2,22,23,24);1H. The van der Waals surface area contributed by atoms with E-state index in [1.54, 1.807) is 7.05 Å². The molecule has 1 atom stereocenters. The van der Waals surface area contributed by atoms with Crippen molar-refractivity contribution in [1.29, 1.82) is 0 Å². The first-order valence-electron chi connectivity index (χ1n) is 11.1. The molecule has 2 saturated heterocycles. The lowest BCUT2D eigenvalue weighted by molar-refractivity contribution is -0.136. The number of carbonyl (C=O) groups is 1. The number of piperidine rings is 1. The number of guanidine groups is 1. The van der Waals surface area contributed by atoms with Crippen molar-refractivity contribution in [2.45, 2.75) is 58.4 Å². The molecule has 2 fully saturated rings. The molecule has 7 nitrogen and oxygen atoms in total. The van der Waals surface area contributed by atoms with Gasteiger partial charge >= 0.3 is 0 Å². The maximum Gasteiger partial charge on any atom is 0.225 e. The van der Waals surface area contributed by atoms with E-state index in [9.17, 15) is 4.79 Å². The summed E-state index contributed by atoms with van der Waals surface area (Å²) < 4.78 is 11.1. The number of amides is 1. The molecule has 1 unspecified atom stereocenters. The molecule has 0 aromatic rings. The molecule has 0 spiro atoms. The molecule has 2 aliphatic rings. The Kier molecular flexibility index (Phi) is 13.9. The first-order chi connectivity index (χ1) is 13.7. The minimum atomic E-state index is 0. The van der Waals surface area contributed by atoms with Crippen LogP contribution < -0.4 is 10.6 Å². The molecule has 29 heavy (non-hydrogen) atoms. The van der Waals surface area contributed by atoms with Crippen LogP contribution in [0.5, 0.6) is 0 Å². The van der Waals surface area contributed by atoms with Gasteiger partial charge in [0.25, 0.3) is 0 Å². The molecule has 0 aliphatic carbocycles. The summed E-state index contributed by atoms with van der Waals surface area (Å²) in [4.78, 5) is 18.9. The summed E-state index contributed by atoms with van der Waals surface area (Å²) in [7, 11) is 1.80.